The number of fused-ring (bicyclic) bond motifs is 3. The maximum Gasteiger partial charge on any atom is 0.142 e. The smallest absolute Gasteiger partial charge is 0.142 e. The Morgan fingerprint density at radius 1 is 1.14 bits per heavy atom. The van der Waals surface area contributed by atoms with E-state index in [2.05, 4.69) is 27.4 Å². The molecule has 0 aromatic carbocycles. The van der Waals surface area contributed by atoms with E-state index >= 15 is 0 Å². The molecule has 4 aliphatic carbocycles. The Morgan fingerprint density at radius 2 is 1.86 bits per heavy atom. The molecule has 0 aromatic heterocycles. The molecule has 0 aromatic rings. The van der Waals surface area contributed by atoms with Gasteiger partial charge in [0, 0.05) is 12.3 Å². The van der Waals surface area contributed by atoms with Crippen molar-refractivity contribution in [3.8, 4) is 0 Å². The molecule has 4 aliphatic rings. The van der Waals surface area contributed by atoms with E-state index in [0.29, 0.717) is 24.0 Å². The summed E-state index contributed by atoms with van der Waals surface area (Å²) < 4.78 is 0. The van der Waals surface area contributed by atoms with E-state index in [1.807, 2.05) is 0 Å². The summed E-state index contributed by atoms with van der Waals surface area (Å²) in [7, 11) is 0. The van der Waals surface area contributed by atoms with Crippen LogP contribution >= 0.6 is 0 Å². The zero-order chi connectivity index (χ0) is 15.9. The summed E-state index contributed by atoms with van der Waals surface area (Å²) in [5, 5.41) is 11.0. The molecule has 0 radical (unpaired) electrons. The van der Waals surface area contributed by atoms with Crippen molar-refractivity contribution in [1.29, 1.82) is 0 Å². The molecular weight excluding hydrogens is 272 g/mol. The van der Waals surface area contributed by atoms with E-state index in [9.17, 15) is 9.90 Å². The number of Topliss-reactive ketones (excluding diaryl/α,β-unsaturated/α-hetero) is 1. The lowest BCUT2D eigenvalue weighted by Gasteiger charge is -2.63. The Balaban J connectivity index is 1.84. The van der Waals surface area contributed by atoms with Crippen LogP contribution in [0.25, 0.3) is 0 Å². The topological polar surface area (TPSA) is 37.3 Å². The molecule has 1 N–H and O–H groups in total. The minimum Gasteiger partial charge on any atom is -0.391 e. The number of hydrogen-bond donors (Lipinski definition) is 1. The number of carbonyl (C=O) groups excluding carboxylic acids is 1. The lowest BCUT2D eigenvalue weighted by atomic mass is 9.40. The van der Waals surface area contributed by atoms with Crippen LogP contribution in [-0.4, -0.2) is 17.0 Å². The third-order valence-corrected chi connectivity index (χ3v) is 8.32. The van der Waals surface area contributed by atoms with Gasteiger partial charge < -0.3 is 5.11 Å². The van der Waals surface area contributed by atoms with Crippen LogP contribution in [-0.2, 0) is 4.79 Å². The van der Waals surface area contributed by atoms with Gasteiger partial charge in [-0.2, -0.15) is 0 Å². The van der Waals surface area contributed by atoms with Crippen molar-refractivity contribution < 1.29 is 9.90 Å². The van der Waals surface area contributed by atoms with Gasteiger partial charge in [-0.25, -0.2) is 0 Å². The first-order chi connectivity index (χ1) is 10.2. The van der Waals surface area contributed by atoms with Crippen molar-refractivity contribution >= 4 is 5.78 Å². The van der Waals surface area contributed by atoms with Crippen molar-refractivity contribution in [3.05, 3.63) is 12.2 Å². The second kappa shape index (κ2) is 4.26. The molecule has 122 valence electrons. The van der Waals surface area contributed by atoms with Crippen LogP contribution in [0.1, 0.15) is 65.7 Å². The van der Waals surface area contributed by atoms with Crippen LogP contribution in [0.15, 0.2) is 12.2 Å². The second-order valence-corrected chi connectivity index (χ2v) is 9.58. The van der Waals surface area contributed by atoms with Gasteiger partial charge in [-0.05, 0) is 54.8 Å². The van der Waals surface area contributed by atoms with Crippen molar-refractivity contribution in [1.82, 2.24) is 0 Å². The first-order valence-corrected chi connectivity index (χ1v) is 9.12. The molecule has 4 rings (SSSR count). The molecule has 0 saturated heterocycles. The zero-order valence-corrected chi connectivity index (χ0v) is 14.3. The lowest BCUT2D eigenvalue weighted by Crippen LogP contribution is -2.63. The van der Waals surface area contributed by atoms with Crippen LogP contribution in [0, 0.1) is 34.0 Å². The zero-order valence-electron chi connectivity index (χ0n) is 14.3. The molecule has 4 fully saturated rings. The number of carbonyl (C=O) groups is 1. The molecular formula is C20H30O2. The van der Waals surface area contributed by atoms with E-state index in [1.165, 1.54) is 19.3 Å². The fourth-order valence-corrected chi connectivity index (χ4v) is 7.33. The average Bonchev–Trinajstić information content (AvgIpc) is 2.58. The summed E-state index contributed by atoms with van der Waals surface area (Å²) in [6.07, 6.45) is 6.83. The van der Waals surface area contributed by atoms with E-state index < -0.39 is 11.5 Å². The predicted molar refractivity (Wildman–Crippen MR) is 87.3 cm³/mol. The van der Waals surface area contributed by atoms with Crippen LogP contribution < -0.4 is 0 Å². The van der Waals surface area contributed by atoms with Gasteiger partial charge in [0.2, 0.25) is 0 Å². The van der Waals surface area contributed by atoms with Crippen LogP contribution in [0.2, 0.25) is 0 Å². The molecule has 0 amide bonds. The number of aliphatic hydroxyl groups is 1. The lowest BCUT2D eigenvalue weighted by molar-refractivity contribution is -0.189. The van der Waals surface area contributed by atoms with Crippen molar-refractivity contribution in [3.63, 3.8) is 0 Å². The van der Waals surface area contributed by atoms with Gasteiger partial charge in [-0.1, -0.05) is 39.3 Å². The minimum absolute atomic E-state index is 0.178. The molecule has 4 saturated carbocycles. The highest BCUT2D eigenvalue weighted by Gasteiger charge is 2.69. The van der Waals surface area contributed by atoms with E-state index in [1.54, 1.807) is 0 Å². The molecule has 22 heavy (non-hydrogen) atoms. The second-order valence-electron chi connectivity index (χ2n) is 9.58. The van der Waals surface area contributed by atoms with Gasteiger partial charge in [0.1, 0.15) is 5.78 Å². The molecule has 2 nitrogen and oxygen atoms in total. The Labute approximate surface area is 134 Å². The Kier molecular flexibility index (Phi) is 2.89. The molecule has 6 atom stereocenters. The highest BCUT2D eigenvalue weighted by Crippen LogP contribution is 2.70. The van der Waals surface area contributed by atoms with Crippen LogP contribution in [0.4, 0.5) is 0 Å². The summed E-state index contributed by atoms with van der Waals surface area (Å²) in [6, 6.07) is 0. The highest BCUT2D eigenvalue weighted by atomic mass is 16.3. The first-order valence-electron chi connectivity index (χ1n) is 9.12. The Hall–Kier alpha value is -0.630. The third-order valence-electron chi connectivity index (χ3n) is 8.32. The van der Waals surface area contributed by atoms with Crippen molar-refractivity contribution in [2.45, 2.75) is 71.8 Å². The van der Waals surface area contributed by atoms with Crippen LogP contribution in [0.3, 0.4) is 0 Å². The number of ketones is 1. The first kappa shape index (κ1) is 14.9. The Bertz CT molecular complexity index is 548. The van der Waals surface area contributed by atoms with Gasteiger partial charge in [0.05, 0.1) is 11.5 Å². The van der Waals surface area contributed by atoms with Gasteiger partial charge in [-0.15, -0.1) is 0 Å². The quantitative estimate of drug-likeness (QED) is 0.683. The molecule has 2 bridgehead atoms. The summed E-state index contributed by atoms with van der Waals surface area (Å²) in [5.74, 6) is 1.37. The van der Waals surface area contributed by atoms with E-state index in [4.69, 9.17) is 0 Å². The van der Waals surface area contributed by atoms with Crippen molar-refractivity contribution in [2.24, 2.45) is 34.0 Å². The standard InChI is InChI=1S/C20H30O2/c1-12-11-20-14(7-6-13(12)17(20)22)19(4)9-5-8-18(2,3)15(19)10-16(20)21/h13-15,17,22H,1,5-11H2,2-4H3/t13-,14-,15+,17+,19-,20-/m1/s1. The monoisotopic (exact) mass is 302 g/mol. The summed E-state index contributed by atoms with van der Waals surface area (Å²) in [4.78, 5) is 13.2. The Morgan fingerprint density at radius 3 is 2.59 bits per heavy atom. The highest BCUT2D eigenvalue weighted by molar-refractivity contribution is 5.89. The molecule has 0 aliphatic heterocycles. The normalized spacial score (nSPS) is 53.1. The molecule has 1 spiro atoms. The largest absolute Gasteiger partial charge is 0.391 e. The van der Waals surface area contributed by atoms with Gasteiger partial charge in [0.15, 0.2) is 0 Å². The summed E-state index contributed by atoms with van der Waals surface area (Å²) >= 11 is 0. The minimum atomic E-state index is -0.487. The third kappa shape index (κ3) is 1.53. The number of hydrogen-bond acceptors (Lipinski definition) is 2. The SMILES string of the molecule is C=C1C[C@]23C(=O)C[C@H]4C(C)(C)CCC[C@]4(C)[C@H]2CC[C@H]1[C@@H]3O. The predicted octanol–water partition coefficient (Wildman–Crippen LogP) is 4.13. The maximum atomic E-state index is 13.2. The maximum absolute atomic E-state index is 13.2. The van der Waals surface area contributed by atoms with Crippen LogP contribution in [0.5, 0.6) is 0 Å². The number of aliphatic hydroxyl groups excluding tert-OH is 1. The molecule has 0 heterocycles. The van der Waals surface area contributed by atoms with Gasteiger partial charge in [0.25, 0.3) is 0 Å². The average molecular weight is 302 g/mol. The summed E-state index contributed by atoms with van der Waals surface area (Å²) in [5.41, 5.74) is 1.12. The molecule has 0 unspecified atom stereocenters. The fraction of sp³-hybridized carbons (Fsp3) is 0.850. The number of rotatable bonds is 0. The fourth-order valence-electron chi connectivity index (χ4n) is 7.33. The van der Waals surface area contributed by atoms with E-state index in [-0.39, 0.29) is 16.7 Å². The van der Waals surface area contributed by atoms with E-state index in [0.717, 1.165) is 24.8 Å². The van der Waals surface area contributed by atoms with Gasteiger partial charge in [-0.3, -0.25) is 4.79 Å². The van der Waals surface area contributed by atoms with Gasteiger partial charge >= 0.3 is 0 Å². The molecule has 2 heteroatoms. The summed E-state index contributed by atoms with van der Waals surface area (Å²) in [6.45, 7) is 11.4. The van der Waals surface area contributed by atoms with Crippen molar-refractivity contribution in [2.75, 3.05) is 0 Å².